The molecule has 0 amide bonds. The first-order chi connectivity index (χ1) is 7.47. The lowest BCUT2D eigenvalue weighted by Gasteiger charge is -2.11. The third-order valence-corrected chi connectivity index (χ3v) is 2.85. The van der Waals surface area contributed by atoms with Gasteiger partial charge >= 0.3 is 5.97 Å². The fourth-order valence-electron chi connectivity index (χ4n) is 1.13. The molecule has 3 nitrogen and oxygen atoms in total. The summed E-state index contributed by atoms with van der Waals surface area (Å²) in [7, 11) is 1.18. The van der Waals surface area contributed by atoms with E-state index in [1.807, 2.05) is 0 Å². The molecule has 1 rings (SSSR count). The van der Waals surface area contributed by atoms with Gasteiger partial charge in [-0.1, -0.05) is 11.6 Å². The second-order valence-electron chi connectivity index (χ2n) is 2.84. The average molecular weight is 315 g/mol. The molecular formula is C9H7BrClF2NO2. The third kappa shape index (κ3) is 2.89. The number of alkyl halides is 2. The molecule has 0 N–H and O–H groups in total. The summed E-state index contributed by atoms with van der Waals surface area (Å²) >= 11 is 8.61. The Hall–Kier alpha value is -0.750. The molecule has 0 aromatic carbocycles. The molecule has 0 radical (unpaired) electrons. The van der Waals surface area contributed by atoms with Gasteiger partial charge in [-0.3, -0.25) is 4.79 Å². The fraction of sp³-hybridized carbons (Fsp3) is 0.333. The van der Waals surface area contributed by atoms with Crippen LogP contribution in [0.15, 0.2) is 10.8 Å². The fourth-order valence-corrected chi connectivity index (χ4v) is 1.86. The van der Waals surface area contributed by atoms with Crippen LogP contribution in [-0.4, -0.2) is 18.1 Å². The predicted molar refractivity (Wildman–Crippen MR) is 57.6 cm³/mol. The number of halogens is 4. The molecule has 16 heavy (non-hydrogen) atoms. The number of ether oxygens (including phenoxy) is 1. The lowest BCUT2D eigenvalue weighted by atomic mass is 10.1. The lowest BCUT2D eigenvalue weighted by Crippen LogP contribution is -2.09. The van der Waals surface area contributed by atoms with Gasteiger partial charge in [0.2, 0.25) is 0 Å². The molecule has 0 aliphatic heterocycles. The first-order valence-corrected chi connectivity index (χ1v) is 5.32. The average Bonchev–Trinajstić information content (AvgIpc) is 2.22. The SMILES string of the molecule is COC(=O)Cc1c(Cl)cnc(Br)c1C(F)F. The highest BCUT2D eigenvalue weighted by Crippen LogP contribution is 2.33. The highest BCUT2D eigenvalue weighted by molar-refractivity contribution is 9.10. The van der Waals surface area contributed by atoms with Crippen LogP contribution >= 0.6 is 27.5 Å². The molecule has 0 unspecified atom stereocenters. The molecule has 0 saturated heterocycles. The van der Waals surface area contributed by atoms with Crippen molar-refractivity contribution in [2.45, 2.75) is 12.8 Å². The van der Waals surface area contributed by atoms with Crippen LogP contribution in [-0.2, 0) is 16.0 Å². The zero-order valence-electron chi connectivity index (χ0n) is 8.14. The van der Waals surface area contributed by atoms with Crippen LogP contribution < -0.4 is 0 Å². The molecule has 7 heteroatoms. The van der Waals surface area contributed by atoms with Gasteiger partial charge in [0, 0.05) is 6.20 Å². The van der Waals surface area contributed by atoms with Crippen molar-refractivity contribution in [2.24, 2.45) is 0 Å². The van der Waals surface area contributed by atoms with E-state index >= 15 is 0 Å². The van der Waals surface area contributed by atoms with Crippen molar-refractivity contribution >= 4 is 33.5 Å². The maximum atomic E-state index is 12.7. The molecule has 0 fully saturated rings. The van der Waals surface area contributed by atoms with Crippen molar-refractivity contribution in [1.82, 2.24) is 4.98 Å². The molecule has 0 atom stereocenters. The first-order valence-electron chi connectivity index (χ1n) is 4.15. The van der Waals surface area contributed by atoms with Crippen molar-refractivity contribution in [3.8, 4) is 0 Å². The largest absolute Gasteiger partial charge is 0.469 e. The van der Waals surface area contributed by atoms with E-state index in [1.165, 1.54) is 13.3 Å². The van der Waals surface area contributed by atoms with Gasteiger partial charge in [-0.15, -0.1) is 0 Å². The molecule has 1 aromatic heterocycles. The van der Waals surface area contributed by atoms with Crippen LogP contribution in [0.4, 0.5) is 8.78 Å². The number of carbonyl (C=O) groups excluding carboxylic acids is 1. The standard InChI is InChI=1S/C9H7BrClF2NO2/c1-16-6(15)2-4-5(11)3-14-8(10)7(4)9(12)13/h3,9H,2H2,1H3. The number of hydrogen-bond donors (Lipinski definition) is 0. The second kappa shape index (κ2) is 5.54. The highest BCUT2D eigenvalue weighted by atomic mass is 79.9. The van der Waals surface area contributed by atoms with Crippen LogP contribution in [0.1, 0.15) is 17.6 Å². The van der Waals surface area contributed by atoms with Crippen LogP contribution in [0.3, 0.4) is 0 Å². The normalized spacial score (nSPS) is 10.6. The summed E-state index contributed by atoms with van der Waals surface area (Å²) in [6.45, 7) is 0. The Morgan fingerprint density at radius 2 is 2.31 bits per heavy atom. The number of esters is 1. The van der Waals surface area contributed by atoms with Crippen LogP contribution in [0.2, 0.25) is 5.02 Å². The van der Waals surface area contributed by atoms with Gasteiger partial charge in [0.05, 0.1) is 24.1 Å². The summed E-state index contributed by atoms with van der Waals surface area (Å²) in [4.78, 5) is 14.7. The number of hydrogen-bond acceptors (Lipinski definition) is 3. The van der Waals surface area contributed by atoms with E-state index in [0.29, 0.717) is 0 Å². The van der Waals surface area contributed by atoms with Gasteiger partial charge in [-0.05, 0) is 21.5 Å². The smallest absolute Gasteiger partial charge is 0.310 e. The number of aromatic nitrogens is 1. The monoisotopic (exact) mass is 313 g/mol. The summed E-state index contributed by atoms with van der Waals surface area (Å²) in [6.07, 6.45) is -1.87. The van der Waals surface area contributed by atoms with Crippen molar-refractivity contribution in [2.75, 3.05) is 7.11 Å². The number of carbonyl (C=O) groups is 1. The maximum absolute atomic E-state index is 12.7. The molecule has 0 aliphatic carbocycles. The molecule has 0 saturated carbocycles. The van der Waals surface area contributed by atoms with Crippen molar-refractivity contribution in [3.05, 3.63) is 26.9 Å². The topological polar surface area (TPSA) is 39.2 Å². The third-order valence-electron chi connectivity index (χ3n) is 1.89. The Kier molecular flexibility index (Phi) is 4.61. The second-order valence-corrected chi connectivity index (χ2v) is 4.00. The van der Waals surface area contributed by atoms with Crippen molar-refractivity contribution in [3.63, 3.8) is 0 Å². The summed E-state index contributed by atoms with van der Waals surface area (Å²) in [5, 5.41) is 0.0175. The number of rotatable bonds is 3. The minimum absolute atomic E-state index is 0.0175. The summed E-state index contributed by atoms with van der Waals surface area (Å²) < 4.78 is 29.9. The molecule has 0 aliphatic rings. The van der Waals surface area contributed by atoms with E-state index in [2.05, 4.69) is 25.7 Å². The van der Waals surface area contributed by atoms with E-state index < -0.39 is 12.4 Å². The lowest BCUT2D eigenvalue weighted by molar-refractivity contribution is -0.139. The van der Waals surface area contributed by atoms with Gasteiger partial charge in [0.25, 0.3) is 6.43 Å². The van der Waals surface area contributed by atoms with Crippen LogP contribution in [0.5, 0.6) is 0 Å². The molecular weight excluding hydrogens is 307 g/mol. The van der Waals surface area contributed by atoms with Gasteiger partial charge in [0.1, 0.15) is 4.60 Å². The van der Waals surface area contributed by atoms with Crippen molar-refractivity contribution < 1.29 is 18.3 Å². The Morgan fingerprint density at radius 3 is 2.81 bits per heavy atom. The highest BCUT2D eigenvalue weighted by Gasteiger charge is 2.22. The van der Waals surface area contributed by atoms with E-state index in [1.54, 1.807) is 0 Å². The predicted octanol–water partition coefficient (Wildman–Crippen LogP) is 3.15. The molecule has 88 valence electrons. The Bertz CT molecular complexity index is 415. The molecule has 1 heterocycles. The van der Waals surface area contributed by atoms with E-state index in [0.717, 1.165) is 0 Å². The Morgan fingerprint density at radius 1 is 1.69 bits per heavy atom. The van der Waals surface area contributed by atoms with Gasteiger partial charge in [0.15, 0.2) is 0 Å². The molecule has 0 spiro atoms. The minimum atomic E-state index is -2.76. The maximum Gasteiger partial charge on any atom is 0.310 e. The quantitative estimate of drug-likeness (QED) is 0.635. The van der Waals surface area contributed by atoms with Crippen molar-refractivity contribution in [1.29, 1.82) is 0 Å². The zero-order valence-corrected chi connectivity index (χ0v) is 10.5. The number of pyridine rings is 1. The number of nitrogens with zero attached hydrogens (tertiary/aromatic N) is 1. The summed E-state index contributed by atoms with van der Waals surface area (Å²) in [5.41, 5.74) is -0.344. The molecule has 0 bridgehead atoms. The Labute approximate surface area is 104 Å². The summed E-state index contributed by atoms with van der Waals surface area (Å²) in [6, 6.07) is 0. The molecule has 1 aromatic rings. The minimum Gasteiger partial charge on any atom is -0.469 e. The zero-order chi connectivity index (χ0) is 12.3. The summed E-state index contributed by atoms with van der Waals surface area (Å²) in [5.74, 6) is -0.637. The first kappa shape index (κ1) is 13.3. The van der Waals surface area contributed by atoms with E-state index in [-0.39, 0.29) is 27.2 Å². The van der Waals surface area contributed by atoms with Crippen LogP contribution in [0, 0.1) is 0 Å². The van der Waals surface area contributed by atoms with Crippen LogP contribution in [0.25, 0.3) is 0 Å². The van der Waals surface area contributed by atoms with E-state index in [9.17, 15) is 13.6 Å². The number of methoxy groups -OCH3 is 1. The van der Waals surface area contributed by atoms with Gasteiger partial charge < -0.3 is 4.74 Å². The van der Waals surface area contributed by atoms with Gasteiger partial charge in [-0.2, -0.15) is 0 Å². The van der Waals surface area contributed by atoms with Gasteiger partial charge in [-0.25, -0.2) is 13.8 Å². The van der Waals surface area contributed by atoms with E-state index in [4.69, 9.17) is 11.6 Å². The Balaban J connectivity index is 3.23.